The zero-order valence-electron chi connectivity index (χ0n) is 18.8. The van der Waals surface area contributed by atoms with Crippen molar-refractivity contribution in [3.05, 3.63) is 24.3 Å². The fraction of sp³-hybridized carbons (Fsp3) is 0.680. The highest BCUT2D eigenvalue weighted by Gasteiger charge is 2.45. The second-order valence-corrected chi connectivity index (χ2v) is 8.81. The average Bonchev–Trinajstić information content (AvgIpc) is 2.79. The monoisotopic (exact) mass is 400 g/mol. The molecule has 1 heterocycles. The largest absolute Gasteiger partial charge is 0.323 e. The lowest BCUT2D eigenvalue weighted by molar-refractivity contribution is -0.137. The molecule has 4 nitrogen and oxygen atoms in total. The Morgan fingerprint density at radius 2 is 1.34 bits per heavy atom. The summed E-state index contributed by atoms with van der Waals surface area (Å²) in [5, 5.41) is 2.97. The Kier molecular flexibility index (Phi) is 9.69. The van der Waals surface area contributed by atoms with Crippen LogP contribution in [-0.4, -0.2) is 18.9 Å². The maximum Gasteiger partial charge on any atom is 0.242 e. The normalized spacial score (nSPS) is 19.1. The summed E-state index contributed by atoms with van der Waals surface area (Å²) in [5.41, 5.74) is 0.489. The SMILES string of the molecule is CCCCCCCCCCCCCCC1(C)C(=O)Nc2ccccc2N(C)C1=O. The second kappa shape index (κ2) is 12.0. The first-order chi connectivity index (χ1) is 14.0. The molecule has 0 radical (unpaired) electrons. The van der Waals surface area contributed by atoms with Crippen molar-refractivity contribution in [1.82, 2.24) is 0 Å². The first-order valence-corrected chi connectivity index (χ1v) is 11.7. The maximum absolute atomic E-state index is 13.0. The number of carbonyl (C=O) groups excluding carboxylic acids is 2. The molecule has 1 aliphatic rings. The minimum atomic E-state index is -0.994. The Labute approximate surface area is 177 Å². The van der Waals surface area contributed by atoms with Crippen LogP contribution >= 0.6 is 0 Å². The van der Waals surface area contributed by atoms with Crippen molar-refractivity contribution in [2.45, 2.75) is 97.3 Å². The third-order valence-electron chi connectivity index (χ3n) is 6.32. The van der Waals surface area contributed by atoms with Gasteiger partial charge in [0.25, 0.3) is 0 Å². The second-order valence-electron chi connectivity index (χ2n) is 8.81. The average molecular weight is 401 g/mol. The molecule has 0 bridgehead atoms. The summed E-state index contributed by atoms with van der Waals surface area (Å²) in [6.07, 6.45) is 15.9. The van der Waals surface area contributed by atoms with E-state index in [9.17, 15) is 9.59 Å². The number of unbranched alkanes of at least 4 members (excludes halogenated alkanes) is 11. The molecule has 29 heavy (non-hydrogen) atoms. The Morgan fingerprint density at radius 1 is 0.828 bits per heavy atom. The third-order valence-corrected chi connectivity index (χ3v) is 6.32. The summed E-state index contributed by atoms with van der Waals surface area (Å²) in [6, 6.07) is 7.50. The van der Waals surface area contributed by atoms with Crippen molar-refractivity contribution in [3.8, 4) is 0 Å². The molecule has 4 heteroatoms. The summed E-state index contributed by atoms with van der Waals surface area (Å²) in [4.78, 5) is 27.5. The van der Waals surface area contributed by atoms with E-state index in [1.165, 1.54) is 64.2 Å². The van der Waals surface area contributed by atoms with Gasteiger partial charge in [0.2, 0.25) is 11.8 Å². The minimum Gasteiger partial charge on any atom is -0.323 e. The van der Waals surface area contributed by atoms with Crippen molar-refractivity contribution in [1.29, 1.82) is 0 Å². The van der Waals surface area contributed by atoms with Gasteiger partial charge in [-0.25, -0.2) is 0 Å². The highest BCUT2D eigenvalue weighted by molar-refractivity contribution is 6.19. The van der Waals surface area contributed by atoms with Crippen LogP contribution in [0.5, 0.6) is 0 Å². The molecule has 0 fully saturated rings. The molecule has 1 atom stereocenters. The molecule has 0 saturated heterocycles. The van der Waals surface area contributed by atoms with Gasteiger partial charge in [-0.3, -0.25) is 9.59 Å². The number of hydrogen-bond acceptors (Lipinski definition) is 2. The first kappa shape index (κ1) is 23.4. The topological polar surface area (TPSA) is 49.4 Å². The van der Waals surface area contributed by atoms with Crippen molar-refractivity contribution < 1.29 is 9.59 Å². The predicted octanol–water partition coefficient (Wildman–Crippen LogP) is 6.70. The predicted molar refractivity (Wildman–Crippen MR) is 122 cm³/mol. The van der Waals surface area contributed by atoms with E-state index in [2.05, 4.69) is 12.2 Å². The van der Waals surface area contributed by atoms with E-state index >= 15 is 0 Å². The van der Waals surface area contributed by atoms with Gasteiger partial charge in [-0.2, -0.15) is 0 Å². The molecule has 0 aliphatic carbocycles. The molecular formula is C25H40N2O2. The quantitative estimate of drug-likeness (QED) is 0.296. The number of fused-ring (bicyclic) bond motifs is 1. The summed E-state index contributed by atoms with van der Waals surface area (Å²) >= 11 is 0. The third kappa shape index (κ3) is 6.58. The molecule has 2 amide bonds. The summed E-state index contributed by atoms with van der Waals surface area (Å²) in [5.74, 6) is -0.287. The van der Waals surface area contributed by atoms with Crippen molar-refractivity contribution in [2.24, 2.45) is 5.41 Å². The van der Waals surface area contributed by atoms with Gasteiger partial charge in [0.1, 0.15) is 5.41 Å². The van der Waals surface area contributed by atoms with E-state index in [4.69, 9.17) is 0 Å². The summed E-state index contributed by atoms with van der Waals surface area (Å²) in [6.45, 7) is 4.06. The van der Waals surface area contributed by atoms with E-state index in [0.717, 1.165) is 18.5 Å². The van der Waals surface area contributed by atoms with E-state index in [-0.39, 0.29) is 11.8 Å². The van der Waals surface area contributed by atoms with Crippen molar-refractivity contribution in [3.63, 3.8) is 0 Å². The van der Waals surface area contributed by atoms with Gasteiger partial charge in [-0.05, 0) is 25.5 Å². The van der Waals surface area contributed by atoms with Crippen LogP contribution in [0.15, 0.2) is 24.3 Å². The lowest BCUT2D eigenvalue weighted by atomic mass is 9.82. The van der Waals surface area contributed by atoms with Gasteiger partial charge in [0, 0.05) is 7.05 Å². The van der Waals surface area contributed by atoms with Crippen LogP contribution in [0.25, 0.3) is 0 Å². The standard InChI is InChI=1S/C25H40N2O2/c1-4-5-6-7-8-9-10-11-12-13-14-17-20-25(2)23(28)26-21-18-15-16-19-22(21)27(3)24(25)29/h15-16,18-19H,4-14,17,20H2,1-3H3,(H,26,28). The molecular weight excluding hydrogens is 360 g/mol. The van der Waals surface area contributed by atoms with Gasteiger partial charge in [0.15, 0.2) is 0 Å². The van der Waals surface area contributed by atoms with Crippen LogP contribution in [-0.2, 0) is 9.59 Å². The number of rotatable bonds is 13. The molecule has 1 aromatic carbocycles. The van der Waals surface area contributed by atoms with E-state index in [1.807, 2.05) is 24.3 Å². The number of anilines is 2. The molecule has 1 aliphatic heterocycles. The highest BCUT2D eigenvalue weighted by atomic mass is 16.2. The van der Waals surface area contributed by atoms with E-state index < -0.39 is 5.41 Å². The van der Waals surface area contributed by atoms with Gasteiger partial charge < -0.3 is 10.2 Å². The van der Waals surface area contributed by atoms with Crippen LogP contribution in [0.2, 0.25) is 0 Å². The minimum absolute atomic E-state index is 0.108. The molecule has 0 saturated carbocycles. The molecule has 1 aromatic rings. The van der Waals surface area contributed by atoms with Gasteiger partial charge in [-0.1, -0.05) is 96.1 Å². The fourth-order valence-corrected chi connectivity index (χ4v) is 4.25. The molecule has 1 unspecified atom stereocenters. The number of nitrogens with one attached hydrogen (secondary N) is 1. The van der Waals surface area contributed by atoms with Crippen molar-refractivity contribution in [2.75, 3.05) is 17.3 Å². The number of carbonyl (C=O) groups is 2. The van der Waals surface area contributed by atoms with Crippen LogP contribution in [0.4, 0.5) is 11.4 Å². The molecule has 0 aromatic heterocycles. The van der Waals surface area contributed by atoms with Gasteiger partial charge in [-0.15, -0.1) is 0 Å². The van der Waals surface area contributed by atoms with E-state index in [1.54, 1.807) is 18.9 Å². The van der Waals surface area contributed by atoms with E-state index in [0.29, 0.717) is 12.1 Å². The Balaban J connectivity index is 1.68. The van der Waals surface area contributed by atoms with Gasteiger partial charge >= 0.3 is 0 Å². The zero-order valence-corrected chi connectivity index (χ0v) is 18.8. The first-order valence-electron chi connectivity index (χ1n) is 11.7. The number of amides is 2. The maximum atomic E-state index is 13.0. The summed E-state index contributed by atoms with van der Waals surface area (Å²) in [7, 11) is 1.77. The lowest BCUT2D eigenvalue weighted by Gasteiger charge is -2.28. The zero-order chi connectivity index (χ0) is 21.1. The van der Waals surface area contributed by atoms with Crippen LogP contribution in [0.1, 0.15) is 97.3 Å². The smallest absolute Gasteiger partial charge is 0.242 e. The number of hydrogen-bond donors (Lipinski definition) is 1. The summed E-state index contributed by atoms with van der Waals surface area (Å²) < 4.78 is 0. The molecule has 1 N–H and O–H groups in total. The molecule has 162 valence electrons. The molecule has 0 spiro atoms. The van der Waals surface area contributed by atoms with Crippen LogP contribution < -0.4 is 10.2 Å². The number of benzene rings is 1. The number of para-hydroxylation sites is 2. The molecule has 2 rings (SSSR count). The Morgan fingerprint density at radius 3 is 1.93 bits per heavy atom. The van der Waals surface area contributed by atoms with Crippen LogP contribution in [0, 0.1) is 5.41 Å². The van der Waals surface area contributed by atoms with Crippen LogP contribution in [0.3, 0.4) is 0 Å². The Bertz CT molecular complexity index is 658. The van der Waals surface area contributed by atoms with Crippen molar-refractivity contribution >= 4 is 23.2 Å². The highest BCUT2D eigenvalue weighted by Crippen LogP contribution is 2.37. The van der Waals surface area contributed by atoms with Gasteiger partial charge in [0.05, 0.1) is 11.4 Å². The number of nitrogens with zero attached hydrogens (tertiary/aromatic N) is 1. The fourth-order valence-electron chi connectivity index (χ4n) is 4.25. The lowest BCUT2D eigenvalue weighted by Crippen LogP contribution is -2.45. The Hall–Kier alpha value is -1.84.